The summed E-state index contributed by atoms with van der Waals surface area (Å²) in [6.07, 6.45) is 0.909. The van der Waals surface area contributed by atoms with Gasteiger partial charge in [-0.25, -0.2) is 4.39 Å². The van der Waals surface area contributed by atoms with E-state index in [1.165, 1.54) is 11.0 Å². The van der Waals surface area contributed by atoms with E-state index >= 15 is 0 Å². The van der Waals surface area contributed by atoms with Gasteiger partial charge in [0, 0.05) is 52.0 Å². The van der Waals surface area contributed by atoms with Gasteiger partial charge in [-0.3, -0.25) is 9.69 Å². The molecule has 1 amide bonds. The van der Waals surface area contributed by atoms with Crippen molar-refractivity contribution >= 4 is 34.6 Å². The Kier molecular flexibility index (Phi) is 11.9. The summed E-state index contributed by atoms with van der Waals surface area (Å²) < 4.78 is 42.8. The van der Waals surface area contributed by atoms with Crippen LogP contribution in [0.1, 0.15) is 54.0 Å². The van der Waals surface area contributed by atoms with Gasteiger partial charge >= 0.3 is 0 Å². The molecule has 0 bridgehead atoms. The van der Waals surface area contributed by atoms with Gasteiger partial charge in [-0.2, -0.15) is 5.10 Å². The molecule has 284 valence electrons. The molecule has 0 aliphatic carbocycles. The monoisotopic (exact) mass is 758 g/mol. The molecule has 0 spiro atoms. The van der Waals surface area contributed by atoms with Gasteiger partial charge in [0.15, 0.2) is 28.7 Å². The summed E-state index contributed by atoms with van der Waals surface area (Å²) in [7, 11) is 6.51. The lowest BCUT2D eigenvalue weighted by Gasteiger charge is -2.37. The minimum atomic E-state index is -1.23. The van der Waals surface area contributed by atoms with Crippen LogP contribution in [-0.2, 0) is 15.3 Å². The number of carbonyl (C=O) groups excluding carboxylic acids is 1. The number of carbonyl (C=O) groups is 1. The number of halogens is 2. The van der Waals surface area contributed by atoms with Crippen LogP contribution in [0.2, 0.25) is 5.02 Å². The summed E-state index contributed by atoms with van der Waals surface area (Å²) in [5.74, 6) is 2.22. The molecule has 54 heavy (non-hydrogen) atoms. The van der Waals surface area contributed by atoms with Crippen molar-refractivity contribution in [2.24, 2.45) is 10.2 Å². The topological polar surface area (TPSA) is 115 Å². The van der Waals surface area contributed by atoms with Gasteiger partial charge in [0.2, 0.25) is 5.91 Å². The predicted octanol–water partition coefficient (Wildman–Crippen LogP) is 6.79. The molecule has 4 aromatic carbocycles. The number of nitrogens with zero attached hydrogens (tertiary/aromatic N) is 4. The number of anilines is 1. The van der Waals surface area contributed by atoms with Gasteiger partial charge in [0.1, 0.15) is 11.5 Å². The third kappa shape index (κ3) is 7.02. The molecule has 1 N–H and O–H groups in total. The molecule has 13 heteroatoms. The molecule has 0 aromatic heterocycles. The zero-order valence-corrected chi connectivity index (χ0v) is 31.9. The largest absolute Gasteiger partial charge is 0.493 e. The first-order valence-corrected chi connectivity index (χ1v) is 18.0. The Labute approximate surface area is 319 Å². The maximum absolute atomic E-state index is 14.8. The lowest BCUT2D eigenvalue weighted by molar-refractivity contribution is -0.123. The van der Waals surface area contributed by atoms with Crippen molar-refractivity contribution in [1.82, 2.24) is 4.90 Å². The van der Waals surface area contributed by atoms with Crippen LogP contribution in [0.15, 0.2) is 83.0 Å². The molecule has 1 fully saturated rings. The SMILES string of the molecule is CCC1C(C)=NN=C(c2ccc(OC)c(OC)c2)c2cc(OC)c(OC)cc21.O=C1CN2CCOC2(c2ccccc2F)c2cc(Cl)ccc2N1CCO. The van der Waals surface area contributed by atoms with E-state index in [9.17, 15) is 14.3 Å². The predicted molar refractivity (Wildman–Crippen MR) is 206 cm³/mol. The fourth-order valence-corrected chi connectivity index (χ4v) is 7.61. The van der Waals surface area contributed by atoms with E-state index < -0.39 is 11.5 Å². The second kappa shape index (κ2) is 16.6. The molecule has 0 radical (unpaired) electrons. The molecule has 4 aromatic rings. The lowest BCUT2D eigenvalue weighted by atomic mass is 9.85. The number of hydrogen-bond acceptors (Lipinski definition) is 10. The van der Waals surface area contributed by atoms with Crippen LogP contribution < -0.4 is 23.8 Å². The van der Waals surface area contributed by atoms with Crippen LogP contribution in [0, 0.1) is 5.82 Å². The molecule has 3 aliphatic heterocycles. The number of methoxy groups -OCH3 is 4. The van der Waals surface area contributed by atoms with Gasteiger partial charge in [-0.1, -0.05) is 36.7 Å². The van der Waals surface area contributed by atoms with E-state index in [-0.39, 0.29) is 31.5 Å². The molecule has 3 heterocycles. The van der Waals surface area contributed by atoms with Gasteiger partial charge in [0.25, 0.3) is 0 Å². The standard InChI is InChI=1S/C22H26N2O4.C19H18ClFN2O3/c1-7-15-13(2)23-24-22(14-8-9-18(25-3)19(10-14)26-4)17-12-21(28-6)20(27-5)11-16(15)17;20-13-5-6-17-15(11-13)19(14-3-1-2-4-16(14)21)22(8-10-26-19)12-18(25)23(17)7-9-24/h8-12,15H,7H2,1-6H3;1-6,11,24H,7-10,12H2. The Hall–Kier alpha value is -5.01. The average Bonchev–Trinajstić information content (AvgIpc) is 3.51. The Bertz CT molecular complexity index is 2090. The van der Waals surface area contributed by atoms with E-state index in [1.54, 1.807) is 64.8 Å². The number of ether oxygens (including phenoxy) is 5. The zero-order chi connectivity index (χ0) is 38.6. The van der Waals surface area contributed by atoms with E-state index in [2.05, 4.69) is 17.1 Å². The van der Waals surface area contributed by atoms with Crippen molar-refractivity contribution in [1.29, 1.82) is 0 Å². The first kappa shape index (κ1) is 38.7. The normalized spacial score (nSPS) is 19.2. The number of fused-ring (bicyclic) bond motifs is 4. The fourth-order valence-electron chi connectivity index (χ4n) is 7.44. The second-order valence-electron chi connectivity index (χ2n) is 12.8. The van der Waals surface area contributed by atoms with Crippen molar-refractivity contribution in [3.63, 3.8) is 0 Å². The quantitative estimate of drug-likeness (QED) is 0.199. The number of β-amino-alcohol motifs (C(OH)–C–C–N with tert-alkyl or cyclic N) is 1. The summed E-state index contributed by atoms with van der Waals surface area (Å²) >= 11 is 6.25. The van der Waals surface area contributed by atoms with Gasteiger partial charge < -0.3 is 33.7 Å². The highest BCUT2D eigenvalue weighted by Crippen LogP contribution is 2.48. The average molecular weight is 759 g/mol. The molecule has 7 rings (SSSR count). The molecule has 11 nitrogen and oxygen atoms in total. The summed E-state index contributed by atoms with van der Waals surface area (Å²) in [5.41, 5.74) is 4.99. The molecular formula is C41H44ClFN4O7. The highest BCUT2D eigenvalue weighted by molar-refractivity contribution is 6.30. The third-order valence-corrected chi connectivity index (χ3v) is 10.2. The van der Waals surface area contributed by atoms with Gasteiger partial charge in [-0.15, -0.1) is 5.10 Å². The van der Waals surface area contributed by atoms with Crippen molar-refractivity contribution < 1.29 is 38.0 Å². The highest BCUT2D eigenvalue weighted by atomic mass is 35.5. The zero-order valence-electron chi connectivity index (χ0n) is 31.2. The van der Waals surface area contributed by atoms with Crippen LogP contribution >= 0.6 is 11.6 Å². The van der Waals surface area contributed by atoms with E-state index in [0.717, 1.165) is 34.5 Å². The van der Waals surface area contributed by atoms with E-state index in [1.807, 2.05) is 42.2 Å². The second-order valence-corrected chi connectivity index (χ2v) is 13.3. The Morgan fingerprint density at radius 2 is 1.61 bits per heavy atom. The molecule has 1 saturated heterocycles. The summed E-state index contributed by atoms with van der Waals surface area (Å²) in [6.45, 7) is 5.03. The van der Waals surface area contributed by atoms with Crippen molar-refractivity contribution in [2.75, 3.05) is 66.2 Å². The van der Waals surface area contributed by atoms with Crippen LogP contribution in [0.25, 0.3) is 0 Å². The van der Waals surface area contributed by atoms with Crippen LogP contribution in [0.3, 0.4) is 0 Å². The number of hydrogen-bond donors (Lipinski definition) is 1. The number of amides is 1. The number of aliphatic hydroxyl groups excluding tert-OH is 1. The van der Waals surface area contributed by atoms with E-state index in [0.29, 0.717) is 58.0 Å². The molecule has 3 aliphatic rings. The van der Waals surface area contributed by atoms with Crippen LogP contribution in [0.4, 0.5) is 10.1 Å². The Morgan fingerprint density at radius 3 is 2.30 bits per heavy atom. The first-order chi connectivity index (χ1) is 26.1. The minimum absolute atomic E-state index is 0.0562. The van der Waals surface area contributed by atoms with Gasteiger partial charge in [-0.05, 0) is 73.5 Å². The summed E-state index contributed by atoms with van der Waals surface area (Å²) in [6, 6.07) is 21.3. The van der Waals surface area contributed by atoms with Crippen molar-refractivity contribution in [3.8, 4) is 23.0 Å². The first-order valence-electron chi connectivity index (χ1n) is 17.6. The van der Waals surface area contributed by atoms with Crippen molar-refractivity contribution in [3.05, 3.63) is 111 Å². The molecule has 0 saturated carbocycles. The Morgan fingerprint density at radius 1 is 0.907 bits per heavy atom. The smallest absolute Gasteiger partial charge is 0.241 e. The minimum Gasteiger partial charge on any atom is -0.493 e. The molecule has 2 atom stereocenters. The third-order valence-electron chi connectivity index (χ3n) is 9.99. The van der Waals surface area contributed by atoms with Crippen LogP contribution in [0.5, 0.6) is 23.0 Å². The Balaban J connectivity index is 0.000000185. The molecular weight excluding hydrogens is 715 g/mol. The number of benzene rings is 4. The summed E-state index contributed by atoms with van der Waals surface area (Å²) in [4.78, 5) is 16.2. The van der Waals surface area contributed by atoms with Crippen LogP contribution in [-0.4, -0.2) is 88.6 Å². The maximum atomic E-state index is 14.8. The lowest BCUT2D eigenvalue weighted by Crippen LogP contribution is -2.46. The number of rotatable bonds is 9. The number of aliphatic hydroxyl groups is 1. The van der Waals surface area contributed by atoms with Crippen molar-refractivity contribution in [2.45, 2.75) is 31.9 Å². The highest BCUT2D eigenvalue weighted by Gasteiger charge is 2.52. The maximum Gasteiger partial charge on any atom is 0.241 e. The van der Waals surface area contributed by atoms with Gasteiger partial charge in [0.05, 0.1) is 53.9 Å². The molecule has 2 unspecified atom stereocenters. The summed E-state index contributed by atoms with van der Waals surface area (Å²) in [5, 5.41) is 19.0. The fraction of sp³-hybridized carbons (Fsp3) is 0.341. The van der Waals surface area contributed by atoms with E-state index in [4.69, 9.17) is 35.3 Å².